The standard InChI is InChI=1S/C12H17N3O3S/c1-12(2,3)18-10(16)6-19-8-5-15-9(13)4-7(8)11(14)17/h4-5H,6H2,1-3H3,(H2,13,15)(H2,14,17). The molecule has 7 heteroatoms. The van der Waals surface area contributed by atoms with Crippen molar-refractivity contribution in [2.75, 3.05) is 11.5 Å². The molecule has 104 valence electrons. The number of carbonyl (C=O) groups is 2. The van der Waals surface area contributed by atoms with Gasteiger partial charge in [-0.1, -0.05) is 0 Å². The third-order valence-electron chi connectivity index (χ3n) is 1.92. The summed E-state index contributed by atoms with van der Waals surface area (Å²) in [7, 11) is 0. The molecular weight excluding hydrogens is 266 g/mol. The van der Waals surface area contributed by atoms with Crippen LogP contribution in [0.2, 0.25) is 0 Å². The molecule has 0 radical (unpaired) electrons. The number of nitrogens with zero attached hydrogens (tertiary/aromatic N) is 1. The zero-order valence-electron chi connectivity index (χ0n) is 11.1. The average Bonchev–Trinajstić information content (AvgIpc) is 2.24. The quantitative estimate of drug-likeness (QED) is 0.635. The lowest BCUT2D eigenvalue weighted by Crippen LogP contribution is -2.25. The summed E-state index contributed by atoms with van der Waals surface area (Å²) < 4.78 is 5.16. The maximum absolute atomic E-state index is 11.6. The number of pyridine rings is 1. The summed E-state index contributed by atoms with van der Waals surface area (Å²) in [6, 6.07) is 1.39. The van der Waals surface area contributed by atoms with Crippen LogP contribution in [-0.4, -0.2) is 28.2 Å². The highest BCUT2D eigenvalue weighted by Crippen LogP contribution is 2.23. The van der Waals surface area contributed by atoms with Crippen molar-refractivity contribution in [2.24, 2.45) is 5.73 Å². The normalized spacial score (nSPS) is 11.1. The summed E-state index contributed by atoms with van der Waals surface area (Å²) in [6.07, 6.45) is 1.42. The predicted molar refractivity (Wildman–Crippen MR) is 73.7 cm³/mol. The summed E-state index contributed by atoms with van der Waals surface area (Å²) in [5.74, 6) is -0.704. The molecule has 0 saturated carbocycles. The Balaban J connectivity index is 2.73. The van der Waals surface area contributed by atoms with Crippen LogP contribution in [0.4, 0.5) is 5.82 Å². The summed E-state index contributed by atoms with van der Waals surface area (Å²) in [5.41, 5.74) is 10.4. The Kier molecular flexibility index (Phi) is 4.77. The van der Waals surface area contributed by atoms with Crippen LogP contribution in [0.25, 0.3) is 0 Å². The van der Waals surface area contributed by atoms with Crippen molar-refractivity contribution in [1.29, 1.82) is 0 Å². The molecule has 1 aromatic rings. The number of amides is 1. The molecule has 1 rings (SSSR count). The van der Waals surface area contributed by atoms with Crippen molar-refractivity contribution < 1.29 is 14.3 Å². The zero-order valence-corrected chi connectivity index (χ0v) is 11.9. The van der Waals surface area contributed by atoms with Gasteiger partial charge in [0.1, 0.15) is 11.4 Å². The number of ether oxygens (including phenoxy) is 1. The second kappa shape index (κ2) is 5.92. The number of carbonyl (C=O) groups excluding carboxylic acids is 2. The minimum atomic E-state index is -0.610. The van der Waals surface area contributed by atoms with Crippen molar-refractivity contribution in [3.63, 3.8) is 0 Å². The minimum absolute atomic E-state index is 0.0726. The van der Waals surface area contributed by atoms with E-state index in [1.54, 1.807) is 20.8 Å². The second-order valence-electron chi connectivity index (χ2n) is 4.84. The fraction of sp³-hybridized carbons (Fsp3) is 0.417. The van der Waals surface area contributed by atoms with Crippen molar-refractivity contribution >= 4 is 29.5 Å². The van der Waals surface area contributed by atoms with Crippen LogP contribution >= 0.6 is 11.8 Å². The number of primary amides is 1. The van der Waals surface area contributed by atoms with Gasteiger partial charge in [-0.2, -0.15) is 0 Å². The van der Waals surface area contributed by atoms with Crippen LogP contribution in [0.1, 0.15) is 31.1 Å². The predicted octanol–water partition coefficient (Wildman–Crippen LogP) is 1.20. The number of anilines is 1. The van der Waals surface area contributed by atoms with Gasteiger partial charge in [-0.05, 0) is 26.8 Å². The van der Waals surface area contributed by atoms with Crippen LogP contribution < -0.4 is 11.5 Å². The molecule has 0 spiro atoms. The van der Waals surface area contributed by atoms with Gasteiger partial charge in [0.05, 0.1) is 11.3 Å². The molecule has 0 atom stereocenters. The molecule has 6 nitrogen and oxygen atoms in total. The third kappa shape index (κ3) is 5.17. The molecule has 0 unspecified atom stereocenters. The summed E-state index contributed by atoms with van der Waals surface area (Å²) in [6.45, 7) is 5.36. The van der Waals surface area contributed by atoms with E-state index in [1.807, 2.05) is 0 Å². The van der Waals surface area contributed by atoms with E-state index in [1.165, 1.54) is 12.3 Å². The van der Waals surface area contributed by atoms with Gasteiger partial charge in [0, 0.05) is 11.1 Å². The number of thioether (sulfide) groups is 1. The first-order valence-corrected chi connectivity index (χ1v) is 6.57. The van der Waals surface area contributed by atoms with E-state index >= 15 is 0 Å². The number of hydrogen-bond acceptors (Lipinski definition) is 6. The molecule has 1 heterocycles. The Morgan fingerprint density at radius 2 is 2.05 bits per heavy atom. The van der Waals surface area contributed by atoms with E-state index in [-0.39, 0.29) is 23.1 Å². The van der Waals surface area contributed by atoms with Crippen molar-refractivity contribution in [1.82, 2.24) is 4.98 Å². The van der Waals surface area contributed by atoms with Gasteiger partial charge in [-0.3, -0.25) is 9.59 Å². The van der Waals surface area contributed by atoms with Gasteiger partial charge < -0.3 is 16.2 Å². The van der Waals surface area contributed by atoms with E-state index in [0.29, 0.717) is 4.90 Å². The van der Waals surface area contributed by atoms with Gasteiger partial charge in [0.25, 0.3) is 0 Å². The molecule has 1 aromatic heterocycles. The lowest BCUT2D eigenvalue weighted by molar-refractivity contribution is -0.151. The van der Waals surface area contributed by atoms with Crippen molar-refractivity contribution in [2.45, 2.75) is 31.3 Å². The molecule has 0 aliphatic rings. The number of nitrogen functional groups attached to an aromatic ring is 1. The van der Waals surface area contributed by atoms with E-state index in [9.17, 15) is 9.59 Å². The highest BCUT2D eigenvalue weighted by Gasteiger charge is 2.17. The fourth-order valence-corrected chi connectivity index (χ4v) is 2.05. The highest BCUT2D eigenvalue weighted by molar-refractivity contribution is 8.00. The lowest BCUT2D eigenvalue weighted by atomic mass is 10.2. The summed E-state index contributed by atoms with van der Waals surface area (Å²) in [5, 5.41) is 0. The number of hydrogen-bond donors (Lipinski definition) is 2. The van der Waals surface area contributed by atoms with Crippen LogP contribution in [0.5, 0.6) is 0 Å². The smallest absolute Gasteiger partial charge is 0.316 e. The molecule has 0 aromatic carbocycles. The molecule has 0 bridgehead atoms. The lowest BCUT2D eigenvalue weighted by Gasteiger charge is -2.19. The topological polar surface area (TPSA) is 108 Å². The maximum atomic E-state index is 11.6. The largest absolute Gasteiger partial charge is 0.459 e. The Morgan fingerprint density at radius 1 is 1.42 bits per heavy atom. The molecule has 0 aliphatic carbocycles. The van der Waals surface area contributed by atoms with Crippen LogP contribution in [-0.2, 0) is 9.53 Å². The fourth-order valence-electron chi connectivity index (χ4n) is 1.27. The Labute approximate surface area is 115 Å². The Hall–Kier alpha value is -1.76. The van der Waals surface area contributed by atoms with Gasteiger partial charge in [0.15, 0.2) is 0 Å². The monoisotopic (exact) mass is 283 g/mol. The number of esters is 1. The van der Waals surface area contributed by atoms with Gasteiger partial charge >= 0.3 is 5.97 Å². The summed E-state index contributed by atoms with van der Waals surface area (Å²) >= 11 is 1.14. The van der Waals surface area contributed by atoms with Crippen LogP contribution in [0.3, 0.4) is 0 Å². The Morgan fingerprint density at radius 3 is 2.58 bits per heavy atom. The molecule has 19 heavy (non-hydrogen) atoms. The molecule has 0 fully saturated rings. The highest BCUT2D eigenvalue weighted by atomic mass is 32.2. The third-order valence-corrected chi connectivity index (χ3v) is 2.94. The van der Waals surface area contributed by atoms with Crippen molar-refractivity contribution in [3.05, 3.63) is 17.8 Å². The zero-order chi connectivity index (χ0) is 14.6. The molecule has 1 amide bonds. The van der Waals surface area contributed by atoms with Crippen molar-refractivity contribution in [3.8, 4) is 0 Å². The SMILES string of the molecule is CC(C)(C)OC(=O)CSc1cnc(N)cc1C(N)=O. The molecular formula is C12H17N3O3S. The number of nitrogens with two attached hydrogens (primary N) is 2. The first-order valence-electron chi connectivity index (χ1n) is 5.59. The van der Waals surface area contributed by atoms with Gasteiger partial charge in [-0.15, -0.1) is 11.8 Å². The van der Waals surface area contributed by atoms with Gasteiger partial charge in [-0.25, -0.2) is 4.98 Å². The molecule has 0 saturated heterocycles. The minimum Gasteiger partial charge on any atom is -0.459 e. The Bertz CT molecular complexity index is 497. The number of rotatable bonds is 4. The van der Waals surface area contributed by atoms with E-state index < -0.39 is 11.5 Å². The van der Waals surface area contributed by atoms with Gasteiger partial charge in [0.2, 0.25) is 5.91 Å². The molecule has 0 aliphatic heterocycles. The van der Waals surface area contributed by atoms with Crippen LogP contribution in [0, 0.1) is 0 Å². The van der Waals surface area contributed by atoms with Crippen LogP contribution in [0.15, 0.2) is 17.2 Å². The second-order valence-corrected chi connectivity index (χ2v) is 5.86. The van der Waals surface area contributed by atoms with E-state index in [2.05, 4.69) is 4.98 Å². The molecule has 4 N–H and O–H groups in total. The number of aromatic nitrogens is 1. The maximum Gasteiger partial charge on any atom is 0.316 e. The van der Waals surface area contributed by atoms with E-state index in [0.717, 1.165) is 11.8 Å². The first-order chi connectivity index (χ1) is 8.69. The van der Waals surface area contributed by atoms with E-state index in [4.69, 9.17) is 16.2 Å². The first kappa shape index (κ1) is 15.3. The summed E-state index contributed by atoms with van der Waals surface area (Å²) in [4.78, 5) is 27.2. The average molecular weight is 283 g/mol.